The van der Waals surface area contributed by atoms with Gasteiger partial charge in [0.1, 0.15) is 11.1 Å². The van der Waals surface area contributed by atoms with Crippen molar-refractivity contribution in [2.75, 3.05) is 0 Å². The summed E-state index contributed by atoms with van der Waals surface area (Å²) >= 11 is 0. The first-order chi connectivity index (χ1) is 5.69. The van der Waals surface area contributed by atoms with Gasteiger partial charge in [0, 0.05) is 6.42 Å². The summed E-state index contributed by atoms with van der Waals surface area (Å²) in [5.41, 5.74) is 4.06. The Morgan fingerprint density at radius 3 is 2.23 bits per heavy atom. The van der Waals surface area contributed by atoms with E-state index in [0.29, 0.717) is 0 Å². The van der Waals surface area contributed by atoms with Crippen molar-refractivity contribution in [3.05, 3.63) is 0 Å². The standard InChI is InChI=1S/C10H17NO2/c1-6-7-10(5,11)8(12)13-9(2,3)4/h1H,7,11H2,2-5H3. The molecular weight excluding hydrogens is 166 g/mol. The number of carbonyl (C=O) groups excluding carboxylic acids is 1. The van der Waals surface area contributed by atoms with Gasteiger partial charge < -0.3 is 10.5 Å². The molecule has 3 nitrogen and oxygen atoms in total. The average Bonchev–Trinajstić information content (AvgIpc) is 1.82. The monoisotopic (exact) mass is 183 g/mol. The highest BCUT2D eigenvalue weighted by atomic mass is 16.6. The molecule has 0 rings (SSSR count). The highest BCUT2D eigenvalue weighted by Gasteiger charge is 2.32. The smallest absolute Gasteiger partial charge is 0.327 e. The van der Waals surface area contributed by atoms with Gasteiger partial charge in [-0.15, -0.1) is 12.3 Å². The van der Waals surface area contributed by atoms with Crippen molar-refractivity contribution in [2.45, 2.75) is 45.3 Å². The Kier molecular flexibility index (Phi) is 3.50. The Morgan fingerprint density at radius 2 is 1.92 bits per heavy atom. The van der Waals surface area contributed by atoms with Crippen molar-refractivity contribution >= 4 is 5.97 Å². The van der Waals surface area contributed by atoms with Crippen LogP contribution in [0.25, 0.3) is 0 Å². The minimum absolute atomic E-state index is 0.182. The van der Waals surface area contributed by atoms with Gasteiger partial charge in [0.25, 0.3) is 0 Å². The second-order valence-electron chi connectivity index (χ2n) is 4.30. The van der Waals surface area contributed by atoms with Crippen LogP contribution < -0.4 is 5.73 Å². The van der Waals surface area contributed by atoms with E-state index in [4.69, 9.17) is 16.9 Å². The summed E-state index contributed by atoms with van der Waals surface area (Å²) in [4.78, 5) is 11.4. The molecule has 0 heterocycles. The number of nitrogens with two attached hydrogens (primary N) is 1. The highest BCUT2D eigenvalue weighted by Crippen LogP contribution is 2.14. The van der Waals surface area contributed by atoms with Gasteiger partial charge in [-0.05, 0) is 27.7 Å². The van der Waals surface area contributed by atoms with E-state index in [2.05, 4.69) is 5.92 Å². The molecule has 0 saturated carbocycles. The normalized spacial score (nSPS) is 15.7. The van der Waals surface area contributed by atoms with Crippen LogP contribution in [0, 0.1) is 12.3 Å². The molecule has 0 aromatic carbocycles. The molecule has 0 aliphatic carbocycles. The molecule has 3 heteroatoms. The Bertz CT molecular complexity index is 230. The van der Waals surface area contributed by atoms with Crippen molar-refractivity contribution in [1.29, 1.82) is 0 Å². The van der Waals surface area contributed by atoms with Gasteiger partial charge in [0.05, 0.1) is 0 Å². The Hall–Kier alpha value is -1.01. The predicted molar refractivity (Wildman–Crippen MR) is 51.9 cm³/mol. The van der Waals surface area contributed by atoms with E-state index in [1.165, 1.54) is 0 Å². The van der Waals surface area contributed by atoms with Crippen molar-refractivity contribution in [1.82, 2.24) is 0 Å². The van der Waals surface area contributed by atoms with Crippen LogP contribution in [0.15, 0.2) is 0 Å². The molecule has 0 radical (unpaired) electrons. The number of hydrogen-bond acceptors (Lipinski definition) is 3. The summed E-state index contributed by atoms with van der Waals surface area (Å²) in [7, 11) is 0. The average molecular weight is 183 g/mol. The zero-order chi connectivity index (χ0) is 10.7. The van der Waals surface area contributed by atoms with E-state index >= 15 is 0 Å². The molecule has 1 unspecified atom stereocenters. The summed E-state index contributed by atoms with van der Waals surface area (Å²) in [5.74, 6) is 1.89. The fourth-order valence-electron chi connectivity index (χ4n) is 0.679. The first-order valence-corrected chi connectivity index (χ1v) is 4.15. The molecule has 0 aromatic rings. The predicted octanol–water partition coefficient (Wildman–Crippen LogP) is 1.07. The molecule has 0 aliphatic rings. The van der Waals surface area contributed by atoms with E-state index in [1.807, 2.05) is 0 Å². The first-order valence-electron chi connectivity index (χ1n) is 4.15. The van der Waals surface area contributed by atoms with E-state index in [1.54, 1.807) is 27.7 Å². The van der Waals surface area contributed by atoms with Crippen LogP contribution >= 0.6 is 0 Å². The molecule has 0 fully saturated rings. The van der Waals surface area contributed by atoms with Gasteiger partial charge in [0.2, 0.25) is 0 Å². The fourth-order valence-corrected chi connectivity index (χ4v) is 0.679. The molecule has 0 spiro atoms. The van der Waals surface area contributed by atoms with Crippen molar-refractivity contribution in [3.63, 3.8) is 0 Å². The maximum Gasteiger partial charge on any atom is 0.327 e. The van der Waals surface area contributed by atoms with Crippen LogP contribution in [0.5, 0.6) is 0 Å². The van der Waals surface area contributed by atoms with Crippen molar-refractivity contribution in [3.8, 4) is 12.3 Å². The highest BCUT2D eigenvalue weighted by molar-refractivity contribution is 5.80. The molecule has 0 amide bonds. The first kappa shape index (κ1) is 12.0. The molecule has 0 aromatic heterocycles. The molecule has 1 atom stereocenters. The van der Waals surface area contributed by atoms with E-state index < -0.39 is 17.1 Å². The lowest BCUT2D eigenvalue weighted by Gasteiger charge is -2.26. The maximum absolute atomic E-state index is 11.4. The number of rotatable bonds is 2. The molecule has 0 saturated heterocycles. The number of carbonyl (C=O) groups is 1. The quantitative estimate of drug-likeness (QED) is 0.514. The molecule has 2 N–H and O–H groups in total. The molecular formula is C10H17NO2. The third-order valence-corrected chi connectivity index (χ3v) is 1.33. The van der Waals surface area contributed by atoms with E-state index in [0.717, 1.165) is 0 Å². The second kappa shape index (κ2) is 3.80. The van der Waals surface area contributed by atoms with E-state index in [-0.39, 0.29) is 6.42 Å². The summed E-state index contributed by atoms with van der Waals surface area (Å²) in [5, 5.41) is 0. The minimum atomic E-state index is -1.08. The summed E-state index contributed by atoms with van der Waals surface area (Å²) in [6.07, 6.45) is 5.26. The van der Waals surface area contributed by atoms with Crippen LogP contribution in [-0.4, -0.2) is 17.1 Å². The minimum Gasteiger partial charge on any atom is -0.459 e. The lowest BCUT2D eigenvalue weighted by atomic mass is 10.00. The van der Waals surface area contributed by atoms with Crippen molar-refractivity contribution in [2.24, 2.45) is 5.73 Å². The third-order valence-electron chi connectivity index (χ3n) is 1.33. The van der Waals surface area contributed by atoms with Crippen LogP contribution in [0.3, 0.4) is 0 Å². The van der Waals surface area contributed by atoms with Gasteiger partial charge in [-0.3, -0.25) is 4.79 Å². The van der Waals surface area contributed by atoms with Gasteiger partial charge in [-0.1, -0.05) is 0 Å². The summed E-state index contributed by atoms with van der Waals surface area (Å²) < 4.78 is 5.10. The summed E-state index contributed by atoms with van der Waals surface area (Å²) in [6.45, 7) is 6.94. The topological polar surface area (TPSA) is 52.3 Å². The number of esters is 1. The largest absolute Gasteiger partial charge is 0.459 e. The van der Waals surface area contributed by atoms with Crippen LogP contribution in [0.4, 0.5) is 0 Å². The Morgan fingerprint density at radius 1 is 1.46 bits per heavy atom. The van der Waals surface area contributed by atoms with E-state index in [9.17, 15) is 4.79 Å². The molecule has 0 aliphatic heterocycles. The molecule has 0 bridgehead atoms. The van der Waals surface area contributed by atoms with Gasteiger partial charge in [-0.2, -0.15) is 0 Å². The molecule has 13 heavy (non-hydrogen) atoms. The second-order valence-corrected chi connectivity index (χ2v) is 4.30. The lowest BCUT2D eigenvalue weighted by molar-refractivity contribution is -0.160. The fraction of sp³-hybridized carbons (Fsp3) is 0.700. The van der Waals surface area contributed by atoms with Gasteiger partial charge in [0.15, 0.2) is 0 Å². The van der Waals surface area contributed by atoms with Crippen LogP contribution in [-0.2, 0) is 9.53 Å². The Balaban J connectivity index is 4.36. The SMILES string of the molecule is C#CCC(C)(N)C(=O)OC(C)(C)C. The lowest BCUT2D eigenvalue weighted by Crippen LogP contribution is -2.48. The zero-order valence-electron chi connectivity index (χ0n) is 8.68. The molecule has 74 valence electrons. The number of ether oxygens (including phenoxy) is 1. The third kappa shape index (κ3) is 4.54. The van der Waals surface area contributed by atoms with Gasteiger partial charge in [-0.25, -0.2) is 0 Å². The van der Waals surface area contributed by atoms with Crippen LogP contribution in [0.2, 0.25) is 0 Å². The van der Waals surface area contributed by atoms with Gasteiger partial charge >= 0.3 is 5.97 Å². The maximum atomic E-state index is 11.4. The summed E-state index contributed by atoms with van der Waals surface area (Å²) in [6, 6.07) is 0. The van der Waals surface area contributed by atoms with Crippen LogP contribution in [0.1, 0.15) is 34.1 Å². The Labute approximate surface area is 79.6 Å². The number of hydrogen-bond donors (Lipinski definition) is 1. The number of terminal acetylenes is 1. The zero-order valence-corrected chi connectivity index (χ0v) is 8.68. The van der Waals surface area contributed by atoms with Crippen molar-refractivity contribution < 1.29 is 9.53 Å².